The number of nitrogens with one attached hydrogen (secondary N) is 2. The lowest BCUT2D eigenvalue weighted by Crippen LogP contribution is -2.34. The van der Waals surface area contributed by atoms with Gasteiger partial charge in [-0.25, -0.2) is 0 Å². The molecule has 2 aromatic carbocycles. The van der Waals surface area contributed by atoms with Crippen molar-refractivity contribution >= 4 is 16.8 Å². The Morgan fingerprint density at radius 3 is 3.04 bits per heavy atom. The fourth-order valence-electron chi connectivity index (χ4n) is 3.91. The first-order valence-electron chi connectivity index (χ1n) is 9.19. The lowest BCUT2D eigenvalue weighted by molar-refractivity contribution is -0.124. The van der Waals surface area contributed by atoms with E-state index in [1.807, 2.05) is 6.07 Å². The zero-order valence-corrected chi connectivity index (χ0v) is 14.8. The van der Waals surface area contributed by atoms with E-state index >= 15 is 0 Å². The smallest absolute Gasteiger partial charge is 0.258 e. The largest absolute Gasteiger partial charge is 0.484 e. The quantitative estimate of drug-likeness (QED) is 0.744. The van der Waals surface area contributed by atoms with Gasteiger partial charge < -0.3 is 24.5 Å². The van der Waals surface area contributed by atoms with Gasteiger partial charge in [0.15, 0.2) is 18.1 Å². The van der Waals surface area contributed by atoms with Crippen LogP contribution in [0.4, 0.5) is 0 Å². The van der Waals surface area contributed by atoms with Crippen LogP contribution in [0.3, 0.4) is 0 Å². The fraction of sp³-hybridized carbons (Fsp3) is 0.286. The van der Waals surface area contributed by atoms with E-state index in [9.17, 15) is 4.79 Å². The molecule has 3 aromatic rings. The number of aryl methyl sites for hydroxylation is 1. The van der Waals surface area contributed by atoms with E-state index in [1.54, 1.807) is 18.2 Å². The first-order valence-corrected chi connectivity index (χ1v) is 9.19. The number of fused-ring (bicyclic) bond motifs is 4. The van der Waals surface area contributed by atoms with Crippen molar-refractivity contribution in [3.63, 3.8) is 0 Å². The van der Waals surface area contributed by atoms with Crippen molar-refractivity contribution in [1.82, 2.24) is 10.3 Å². The van der Waals surface area contributed by atoms with E-state index < -0.39 is 0 Å². The molecule has 0 saturated heterocycles. The maximum absolute atomic E-state index is 12.4. The Hall–Kier alpha value is -3.15. The number of ether oxygens (including phenoxy) is 3. The summed E-state index contributed by atoms with van der Waals surface area (Å²) in [7, 11) is 0. The average Bonchev–Trinajstić information content (AvgIpc) is 3.31. The van der Waals surface area contributed by atoms with Crippen molar-refractivity contribution in [3.05, 3.63) is 53.7 Å². The van der Waals surface area contributed by atoms with Crippen LogP contribution in [0.5, 0.6) is 17.2 Å². The summed E-state index contributed by atoms with van der Waals surface area (Å²) in [5.74, 6) is 1.79. The topological polar surface area (TPSA) is 72.6 Å². The van der Waals surface area contributed by atoms with Crippen molar-refractivity contribution < 1.29 is 19.0 Å². The molecule has 6 heteroatoms. The third-order valence-electron chi connectivity index (χ3n) is 5.16. The maximum Gasteiger partial charge on any atom is 0.258 e. The SMILES string of the molecule is O=C(COc1ccc2c(c1)OCO2)NC1CCCc2c1[nH]c1ccccc21. The minimum absolute atomic E-state index is 0.00555. The highest BCUT2D eigenvalue weighted by Gasteiger charge is 2.25. The van der Waals surface area contributed by atoms with Crippen LogP contribution in [0.2, 0.25) is 0 Å². The molecule has 1 unspecified atom stereocenters. The third-order valence-corrected chi connectivity index (χ3v) is 5.16. The molecule has 0 radical (unpaired) electrons. The molecule has 1 aliphatic carbocycles. The minimum atomic E-state index is -0.135. The Balaban J connectivity index is 1.27. The van der Waals surface area contributed by atoms with Crippen molar-refractivity contribution in [2.75, 3.05) is 13.4 Å². The van der Waals surface area contributed by atoms with Crippen LogP contribution in [0.25, 0.3) is 10.9 Å². The summed E-state index contributed by atoms with van der Waals surface area (Å²) in [6.07, 6.45) is 3.03. The number of aromatic nitrogens is 1. The summed E-state index contributed by atoms with van der Waals surface area (Å²) in [6, 6.07) is 13.6. The van der Waals surface area contributed by atoms with Gasteiger partial charge in [-0.15, -0.1) is 0 Å². The molecule has 0 bridgehead atoms. The Morgan fingerprint density at radius 2 is 2.07 bits per heavy atom. The van der Waals surface area contributed by atoms with Gasteiger partial charge in [0, 0.05) is 22.7 Å². The third kappa shape index (κ3) is 2.97. The number of benzene rings is 2. The van der Waals surface area contributed by atoms with Gasteiger partial charge in [0.05, 0.1) is 6.04 Å². The summed E-state index contributed by atoms with van der Waals surface area (Å²) in [5, 5.41) is 4.36. The molecule has 1 atom stereocenters. The number of aromatic amines is 1. The van der Waals surface area contributed by atoms with Gasteiger partial charge in [-0.1, -0.05) is 18.2 Å². The van der Waals surface area contributed by atoms with Crippen LogP contribution >= 0.6 is 0 Å². The molecule has 138 valence electrons. The van der Waals surface area contributed by atoms with Gasteiger partial charge in [-0.3, -0.25) is 4.79 Å². The molecule has 2 aliphatic rings. The second-order valence-corrected chi connectivity index (χ2v) is 6.88. The first-order chi connectivity index (χ1) is 13.3. The summed E-state index contributed by atoms with van der Waals surface area (Å²) >= 11 is 0. The van der Waals surface area contributed by atoms with E-state index in [2.05, 4.69) is 28.5 Å². The standard InChI is InChI=1S/C21H20N2O4/c24-20(11-25-13-8-9-18-19(10-13)27-12-26-18)22-17-7-3-5-15-14-4-1-2-6-16(14)23-21(15)17/h1-2,4,6,8-10,17,23H,3,5,7,11-12H2,(H,22,24). The lowest BCUT2D eigenvalue weighted by atomic mass is 9.91. The number of rotatable bonds is 4. The molecule has 2 N–H and O–H groups in total. The first kappa shape index (κ1) is 16.1. The van der Waals surface area contributed by atoms with E-state index in [4.69, 9.17) is 14.2 Å². The van der Waals surface area contributed by atoms with Gasteiger partial charge in [0.25, 0.3) is 5.91 Å². The van der Waals surface area contributed by atoms with Crippen LogP contribution in [0, 0.1) is 0 Å². The van der Waals surface area contributed by atoms with Crippen LogP contribution in [0.1, 0.15) is 30.1 Å². The van der Waals surface area contributed by atoms with Crippen molar-refractivity contribution in [2.24, 2.45) is 0 Å². The Bertz CT molecular complexity index is 1010. The summed E-state index contributed by atoms with van der Waals surface area (Å²) in [4.78, 5) is 15.9. The second-order valence-electron chi connectivity index (χ2n) is 6.88. The Kier molecular flexibility index (Phi) is 3.89. The van der Waals surface area contributed by atoms with E-state index in [0.29, 0.717) is 17.2 Å². The van der Waals surface area contributed by atoms with Crippen LogP contribution in [-0.4, -0.2) is 24.3 Å². The molecular formula is C21H20N2O4. The van der Waals surface area contributed by atoms with Crippen molar-refractivity contribution in [1.29, 1.82) is 0 Å². The molecular weight excluding hydrogens is 344 g/mol. The minimum Gasteiger partial charge on any atom is -0.484 e. The molecule has 1 aromatic heterocycles. The number of hydrogen-bond acceptors (Lipinski definition) is 4. The van der Waals surface area contributed by atoms with E-state index in [-0.39, 0.29) is 25.3 Å². The zero-order valence-electron chi connectivity index (χ0n) is 14.8. The highest BCUT2D eigenvalue weighted by Crippen LogP contribution is 2.36. The molecule has 1 amide bonds. The average molecular weight is 364 g/mol. The Morgan fingerprint density at radius 1 is 1.19 bits per heavy atom. The summed E-state index contributed by atoms with van der Waals surface area (Å²) in [5.41, 5.74) is 3.57. The van der Waals surface area contributed by atoms with Gasteiger partial charge in [-0.2, -0.15) is 0 Å². The molecule has 27 heavy (non-hydrogen) atoms. The molecule has 5 rings (SSSR count). The normalized spacial score (nSPS) is 17.6. The number of hydrogen-bond donors (Lipinski definition) is 2. The Labute approximate surface area is 156 Å². The number of H-pyrrole nitrogens is 1. The summed E-state index contributed by atoms with van der Waals surface area (Å²) in [6.45, 7) is 0.180. The second kappa shape index (κ2) is 6.54. The van der Waals surface area contributed by atoms with Crippen LogP contribution in [-0.2, 0) is 11.2 Å². The molecule has 0 spiro atoms. The predicted molar refractivity (Wildman–Crippen MR) is 100 cm³/mol. The monoisotopic (exact) mass is 364 g/mol. The number of para-hydroxylation sites is 1. The maximum atomic E-state index is 12.4. The van der Waals surface area contributed by atoms with Gasteiger partial charge >= 0.3 is 0 Å². The molecule has 6 nitrogen and oxygen atoms in total. The molecule has 2 heterocycles. The van der Waals surface area contributed by atoms with Gasteiger partial charge in [-0.05, 0) is 43.0 Å². The van der Waals surface area contributed by atoms with Gasteiger partial charge in [0.2, 0.25) is 6.79 Å². The number of carbonyl (C=O) groups is 1. The predicted octanol–water partition coefficient (Wildman–Crippen LogP) is 3.47. The molecule has 0 saturated carbocycles. The van der Waals surface area contributed by atoms with Crippen molar-refractivity contribution in [2.45, 2.75) is 25.3 Å². The zero-order chi connectivity index (χ0) is 18.2. The fourth-order valence-corrected chi connectivity index (χ4v) is 3.91. The van der Waals surface area contributed by atoms with Crippen LogP contribution < -0.4 is 19.5 Å². The number of carbonyl (C=O) groups excluding carboxylic acids is 1. The van der Waals surface area contributed by atoms with E-state index in [1.165, 1.54) is 10.9 Å². The molecule has 0 fully saturated rings. The van der Waals surface area contributed by atoms with Crippen LogP contribution in [0.15, 0.2) is 42.5 Å². The van der Waals surface area contributed by atoms with Gasteiger partial charge in [0.1, 0.15) is 5.75 Å². The highest BCUT2D eigenvalue weighted by molar-refractivity contribution is 5.85. The number of amides is 1. The summed E-state index contributed by atoms with van der Waals surface area (Å²) < 4.78 is 16.2. The molecule has 1 aliphatic heterocycles. The van der Waals surface area contributed by atoms with Crippen molar-refractivity contribution in [3.8, 4) is 17.2 Å². The van der Waals surface area contributed by atoms with E-state index in [0.717, 1.165) is 30.5 Å². The highest BCUT2D eigenvalue weighted by atomic mass is 16.7. The lowest BCUT2D eigenvalue weighted by Gasteiger charge is -2.23.